The predicted molar refractivity (Wildman–Crippen MR) is 80.6 cm³/mol. The third-order valence-corrected chi connectivity index (χ3v) is 3.31. The Kier molecular flexibility index (Phi) is 6.03. The van der Waals surface area contributed by atoms with E-state index in [0.29, 0.717) is 18.3 Å². The Balaban J connectivity index is 0.00000144. The lowest BCUT2D eigenvalue weighted by Crippen LogP contribution is -2.42. The zero-order valence-electron chi connectivity index (χ0n) is 9.74. The van der Waals surface area contributed by atoms with Gasteiger partial charge in [-0.25, -0.2) is 9.98 Å². The van der Waals surface area contributed by atoms with Crippen LogP contribution in [0, 0.1) is 0 Å². The van der Waals surface area contributed by atoms with Gasteiger partial charge in [-0.1, -0.05) is 0 Å². The molecule has 96 valence electrons. The molecule has 2 N–H and O–H groups in total. The second-order valence-corrected chi connectivity index (χ2v) is 4.83. The normalized spacial score (nSPS) is 16.8. The van der Waals surface area contributed by atoms with Crippen molar-refractivity contribution in [1.82, 2.24) is 19.7 Å². The fourth-order valence-electron chi connectivity index (χ4n) is 1.50. The first-order valence-electron chi connectivity index (χ1n) is 5.23. The van der Waals surface area contributed by atoms with Crippen molar-refractivity contribution in [3.05, 3.63) is 12.2 Å². The molecule has 0 amide bonds. The molecule has 0 spiro atoms. The quantitative estimate of drug-likeness (QED) is 0.462. The average molecular weight is 368 g/mol. The number of aromatic nitrogens is 3. The Morgan fingerprint density at radius 1 is 1.53 bits per heavy atom. The molecule has 0 saturated carbocycles. The van der Waals surface area contributed by atoms with Crippen molar-refractivity contribution in [3.8, 4) is 0 Å². The van der Waals surface area contributed by atoms with Crippen LogP contribution in [-0.4, -0.2) is 50.2 Å². The number of halogens is 1. The summed E-state index contributed by atoms with van der Waals surface area (Å²) < 4.78 is 1.67. The fraction of sp³-hybridized carbons (Fsp3) is 0.667. The lowest BCUT2D eigenvalue weighted by atomic mass is 10.5. The predicted octanol–water partition coefficient (Wildman–Crippen LogP) is 0.297. The third-order valence-electron chi connectivity index (χ3n) is 2.36. The largest absolute Gasteiger partial charge is 0.370 e. The molecule has 1 aliphatic heterocycles. The van der Waals surface area contributed by atoms with Crippen molar-refractivity contribution in [2.24, 2.45) is 17.8 Å². The van der Waals surface area contributed by atoms with Crippen LogP contribution in [0.25, 0.3) is 0 Å². The number of aliphatic imine (C=N–C) groups is 1. The van der Waals surface area contributed by atoms with Gasteiger partial charge >= 0.3 is 0 Å². The number of hydrogen-bond donors (Lipinski definition) is 1. The fourth-order valence-corrected chi connectivity index (χ4v) is 2.40. The minimum atomic E-state index is 0. The molecule has 0 aliphatic carbocycles. The molecule has 1 saturated heterocycles. The first kappa shape index (κ1) is 14.6. The number of nitrogens with two attached hydrogens (primary N) is 1. The van der Waals surface area contributed by atoms with Crippen molar-refractivity contribution in [1.29, 1.82) is 0 Å². The van der Waals surface area contributed by atoms with Crippen LogP contribution in [0.4, 0.5) is 0 Å². The Morgan fingerprint density at radius 3 is 2.82 bits per heavy atom. The lowest BCUT2D eigenvalue weighted by molar-refractivity contribution is 0.455. The first-order chi connectivity index (χ1) is 7.75. The molecule has 0 bridgehead atoms. The maximum absolute atomic E-state index is 5.91. The van der Waals surface area contributed by atoms with Gasteiger partial charge in [0.2, 0.25) is 0 Å². The van der Waals surface area contributed by atoms with Gasteiger partial charge in [0.25, 0.3) is 0 Å². The Morgan fingerprint density at radius 2 is 2.24 bits per heavy atom. The molecular formula is C9H17IN6S. The molecule has 1 fully saturated rings. The summed E-state index contributed by atoms with van der Waals surface area (Å²) in [6.45, 7) is 2.42. The second-order valence-electron chi connectivity index (χ2n) is 3.61. The highest BCUT2D eigenvalue weighted by Gasteiger charge is 2.12. The summed E-state index contributed by atoms with van der Waals surface area (Å²) in [4.78, 5) is 10.5. The van der Waals surface area contributed by atoms with E-state index in [-0.39, 0.29) is 24.0 Å². The van der Waals surface area contributed by atoms with E-state index in [2.05, 4.69) is 20.0 Å². The average Bonchev–Trinajstić information content (AvgIpc) is 2.73. The number of nitrogens with zero attached hydrogens (tertiary/aromatic N) is 5. The van der Waals surface area contributed by atoms with Gasteiger partial charge in [0, 0.05) is 31.6 Å². The van der Waals surface area contributed by atoms with Crippen LogP contribution in [0.3, 0.4) is 0 Å². The number of thioether (sulfide) groups is 1. The van der Waals surface area contributed by atoms with Crippen LogP contribution < -0.4 is 5.73 Å². The van der Waals surface area contributed by atoms with E-state index < -0.39 is 0 Å². The standard InChI is InChI=1S/C9H16N6S.HI/c1-14-7-12-8(13-14)6-11-9(10)15-2-4-16-5-3-15;/h7H,2-6H2,1H3,(H2,10,11);1H. The highest BCUT2D eigenvalue weighted by Crippen LogP contribution is 2.08. The van der Waals surface area contributed by atoms with E-state index in [4.69, 9.17) is 5.73 Å². The smallest absolute Gasteiger partial charge is 0.191 e. The zero-order valence-corrected chi connectivity index (χ0v) is 12.9. The monoisotopic (exact) mass is 368 g/mol. The van der Waals surface area contributed by atoms with Crippen LogP contribution in [0.2, 0.25) is 0 Å². The van der Waals surface area contributed by atoms with Gasteiger partial charge in [-0.15, -0.1) is 24.0 Å². The molecule has 1 aromatic heterocycles. The summed E-state index contributed by atoms with van der Waals surface area (Å²) in [5, 5.41) is 4.15. The SMILES string of the molecule is Cn1cnc(CN=C(N)N2CCSCC2)n1.I. The van der Waals surface area contributed by atoms with E-state index in [1.807, 2.05) is 18.8 Å². The van der Waals surface area contributed by atoms with Crippen molar-refractivity contribution in [2.75, 3.05) is 24.6 Å². The van der Waals surface area contributed by atoms with Crippen molar-refractivity contribution in [3.63, 3.8) is 0 Å². The highest BCUT2D eigenvalue weighted by molar-refractivity contribution is 14.0. The summed E-state index contributed by atoms with van der Waals surface area (Å²) >= 11 is 1.95. The van der Waals surface area contributed by atoms with Gasteiger partial charge in [-0.05, 0) is 0 Å². The van der Waals surface area contributed by atoms with Crippen molar-refractivity contribution < 1.29 is 0 Å². The van der Waals surface area contributed by atoms with Gasteiger partial charge in [0.05, 0.1) is 0 Å². The minimum absolute atomic E-state index is 0. The number of rotatable bonds is 2. The molecule has 17 heavy (non-hydrogen) atoms. The Hall–Kier alpha value is -0.510. The molecule has 0 radical (unpaired) electrons. The van der Waals surface area contributed by atoms with E-state index in [9.17, 15) is 0 Å². The Bertz CT molecular complexity index is 373. The van der Waals surface area contributed by atoms with Crippen LogP contribution in [0.1, 0.15) is 5.82 Å². The molecule has 1 aromatic rings. The van der Waals surface area contributed by atoms with E-state index in [1.54, 1.807) is 11.0 Å². The van der Waals surface area contributed by atoms with Crippen LogP contribution in [0.5, 0.6) is 0 Å². The molecule has 1 aliphatic rings. The maximum atomic E-state index is 5.91. The summed E-state index contributed by atoms with van der Waals surface area (Å²) in [5.74, 6) is 3.56. The zero-order chi connectivity index (χ0) is 11.4. The van der Waals surface area contributed by atoms with E-state index in [0.717, 1.165) is 24.6 Å². The second kappa shape index (κ2) is 7.04. The number of hydrogen-bond acceptors (Lipinski definition) is 4. The van der Waals surface area contributed by atoms with Crippen LogP contribution in [0.15, 0.2) is 11.3 Å². The van der Waals surface area contributed by atoms with Gasteiger partial charge in [0.15, 0.2) is 11.8 Å². The lowest BCUT2D eigenvalue weighted by Gasteiger charge is -2.27. The summed E-state index contributed by atoms with van der Waals surface area (Å²) in [5.41, 5.74) is 5.91. The van der Waals surface area contributed by atoms with Gasteiger partial charge in [-0.3, -0.25) is 4.68 Å². The molecular weight excluding hydrogens is 351 g/mol. The Labute approximate surface area is 122 Å². The molecule has 0 atom stereocenters. The van der Waals surface area contributed by atoms with Gasteiger partial charge < -0.3 is 10.6 Å². The van der Waals surface area contributed by atoms with Gasteiger partial charge in [-0.2, -0.15) is 16.9 Å². The van der Waals surface area contributed by atoms with Crippen LogP contribution in [-0.2, 0) is 13.6 Å². The molecule has 6 nitrogen and oxygen atoms in total. The van der Waals surface area contributed by atoms with Gasteiger partial charge in [0.1, 0.15) is 12.9 Å². The topological polar surface area (TPSA) is 72.3 Å². The first-order valence-corrected chi connectivity index (χ1v) is 6.38. The van der Waals surface area contributed by atoms with Crippen molar-refractivity contribution >= 4 is 41.7 Å². The third kappa shape index (κ3) is 4.34. The summed E-state index contributed by atoms with van der Waals surface area (Å²) in [6, 6.07) is 0. The summed E-state index contributed by atoms with van der Waals surface area (Å²) in [6.07, 6.45) is 1.67. The molecule has 0 aromatic carbocycles. The minimum Gasteiger partial charge on any atom is -0.370 e. The maximum Gasteiger partial charge on any atom is 0.191 e. The number of guanidine groups is 1. The molecule has 0 unspecified atom stereocenters. The van der Waals surface area contributed by atoms with Crippen LogP contribution >= 0.6 is 35.7 Å². The number of aryl methyl sites for hydroxylation is 1. The molecule has 2 heterocycles. The highest BCUT2D eigenvalue weighted by atomic mass is 127. The van der Waals surface area contributed by atoms with Crippen molar-refractivity contribution in [2.45, 2.75) is 6.54 Å². The summed E-state index contributed by atoms with van der Waals surface area (Å²) in [7, 11) is 1.84. The molecule has 2 rings (SSSR count). The molecule has 8 heteroatoms. The van der Waals surface area contributed by atoms with E-state index in [1.165, 1.54) is 0 Å². The van der Waals surface area contributed by atoms with E-state index >= 15 is 0 Å².